The third-order valence-corrected chi connectivity index (χ3v) is 2.05. The molecule has 0 radical (unpaired) electrons. The van der Waals surface area contributed by atoms with Crippen LogP contribution in [-0.2, 0) is 6.42 Å². The van der Waals surface area contributed by atoms with Crippen LogP contribution in [0.1, 0.15) is 25.3 Å². The molecule has 0 spiro atoms. The first kappa shape index (κ1) is 9.85. The molecule has 1 aromatic carbocycles. The number of anilines is 1. The van der Waals surface area contributed by atoms with Crippen LogP contribution in [0.25, 0.3) is 0 Å². The number of benzene rings is 1. The third-order valence-electron chi connectivity index (χ3n) is 2.05. The minimum atomic E-state index is 0.845. The number of hydrogen-bond donors (Lipinski definition) is 1. The summed E-state index contributed by atoms with van der Waals surface area (Å²) < 4.78 is 0. The fourth-order valence-electron chi connectivity index (χ4n) is 1.28. The second kappa shape index (κ2) is 5.41. The van der Waals surface area contributed by atoms with Gasteiger partial charge in [0.2, 0.25) is 0 Å². The summed E-state index contributed by atoms with van der Waals surface area (Å²) in [5.74, 6) is 0. The Morgan fingerprint density at radius 1 is 1.23 bits per heavy atom. The van der Waals surface area contributed by atoms with Crippen LogP contribution < -0.4 is 5.73 Å². The van der Waals surface area contributed by atoms with Crippen molar-refractivity contribution in [3.8, 4) is 0 Å². The summed E-state index contributed by atoms with van der Waals surface area (Å²) in [6.45, 7) is 2.06. The standard InChI is InChI=1S/C12H17N/c1-2-3-4-5-6-11-7-9-12(13)10-8-11/h2-3,7-10H,4-6,13H2,1H3. The van der Waals surface area contributed by atoms with E-state index >= 15 is 0 Å². The van der Waals surface area contributed by atoms with E-state index in [0.717, 1.165) is 12.1 Å². The largest absolute Gasteiger partial charge is 0.399 e. The fourth-order valence-corrected chi connectivity index (χ4v) is 1.28. The Bertz CT molecular complexity index is 259. The molecule has 0 aliphatic carbocycles. The van der Waals surface area contributed by atoms with Crippen LogP contribution in [0.3, 0.4) is 0 Å². The molecule has 1 nitrogen and oxygen atoms in total. The minimum absolute atomic E-state index is 0.845. The van der Waals surface area contributed by atoms with Crippen LogP contribution in [0.4, 0.5) is 5.69 Å². The summed E-state index contributed by atoms with van der Waals surface area (Å²) in [7, 11) is 0. The number of allylic oxidation sites excluding steroid dienone is 2. The van der Waals surface area contributed by atoms with Gasteiger partial charge in [0.05, 0.1) is 0 Å². The number of nitrogen functional groups attached to an aromatic ring is 1. The first-order valence-electron chi connectivity index (χ1n) is 4.78. The van der Waals surface area contributed by atoms with Gasteiger partial charge in [-0.15, -0.1) is 0 Å². The summed E-state index contributed by atoms with van der Waals surface area (Å²) in [5.41, 5.74) is 7.81. The highest BCUT2D eigenvalue weighted by atomic mass is 14.5. The van der Waals surface area contributed by atoms with Crippen molar-refractivity contribution in [3.63, 3.8) is 0 Å². The lowest BCUT2D eigenvalue weighted by molar-refractivity contribution is 0.842. The quantitative estimate of drug-likeness (QED) is 0.424. The molecule has 0 fully saturated rings. The first-order valence-corrected chi connectivity index (χ1v) is 4.78. The monoisotopic (exact) mass is 175 g/mol. The van der Waals surface area contributed by atoms with Gasteiger partial charge in [-0.2, -0.15) is 0 Å². The molecule has 0 saturated carbocycles. The molecule has 13 heavy (non-hydrogen) atoms. The van der Waals surface area contributed by atoms with Gasteiger partial charge in [0, 0.05) is 5.69 Å². The molecule has 1 aromatic rings. The highest BCUT2D eigenvalue weighted by molar-refractivity contribution is 5.39. The zero-order valence-electron chi connectivity index (χ0n) is 8.16. The van der Waals surface area contributed by atoms with Gasteiger partial charge in [-0.05, 0) is 43.9 Å². The molecule has 0 aliphatic heterocycles. The minimum Gasteiger partial charge on any atom is -0.399 e. The Morgan fingerprint density at radius 2 is 1.92 bits per heavy atom. The smallest absolute Gasteiger partial charge is 0.0314 e. The molecule has 70 valence electrons. The van der Waals surface area contributed by atoms with Gasteiger partial charge in [0.1, 0.15) is 0 Å². The van der Waals surface area contributed by atoms with Crippen molar-refractivity contribution in [1.29, 1.82) is 0 Å². The maximum Gasteiger partial charge on any atom is 0.0314 e. The van der Waals surface area contributed by atoms with Gasteiger partial charge >= 0.3 is 0 Å². The van der Waals surface area contributed by atoms with Gasteiger partial charge in [0.15, 0.2) is 0 Å². The van der Waals surface area contributed by atoms with E-state index in [1.165, 1.54) is 18.4 Å². The highest BCUT2D eigenvalue weighted by Crippen LogP contribution is 2.08. The van der Waals surface area contributed by atoms with Gasteiger partial charge < -0.3 is 5.73 Å². The van der Waals surface area contributed by atoms with Gasteiger partial charge in [0.25, 0.3) is 0 Å². The topological polar surface area (TPSA) is 26.0 Å². The van der Waals surface area contributed by atoms with Crippen molar-refractivity contribution in [2.24, 2.45) is 0 Å². The number of rotatable bonds is 4. The molecule has 0 heterocycles. The van der Waals surface area contributed by atoms with Crippen molar-refractivity contribution in [2.75, 3.05) is 5.73 Å². The van der Waals surface area contributed by atoms with Crippen molar-refractivity contribution in [1.82, 2.24) is 0 Å². The first-order chi connectivity index (χ1) is 6.33. The van der Waals surface area contributed by atoms with E-state index < -0.39 is 0 Å². The van der Waals surface area contributed by atoms with E-state index in [0.29, 0.717) is 0 Å². The molecule has 0 aliphatic rings. The van der Waals surface area contributed by atoms with Crippen LogP contribution >= 0.6 is 0 Å². The lowest BCUT2D eigenvalue weighted by Crippen LogP contribution is -1.87. The number of hydrogen-bond acceptors (Lipinski definition) is 1. The predicted octanol–water partition coefficient (Wildman–Crippen LogP) is 3.17. The van der Waals surface area contributed by atoms with E-state index in [9.17, 15) is 0 Å². The molecular formula is C12H17N. The van der Waals surface area contributed by atoms with Crippen molar-refractivity contribution in [2.45, 2.75) is 26.2 Å². The predicted molar refractivity (Wildman–Crippen MR) is 58.6 cm³/mol. The second-order valence-electron chi connectivity index (χ2n) is 3.20. The molecular weight excluding hydrogens is 158 g/mol. The lowest BCUT2D eigenvalue weighted by atomic mass is 10.1. The van der Waals surface area contributed by atoms with Crippen molar-refractivity contribution in [3.05, 3.63) is 42.0 Å². The van der Waals surface area contributed by atoms with Gasteiger partial charge in [-0.1, -0.05) is 24.3 Å². The molecule has 0 saturated heterocycles. The zero-order valence-corrected chi connectivity index (χ0v) is 8.16. The molecule has 1 heteroatoms. The molecule has 0 unspecified atom stereocenters. The normalized spacial score (nSPS) is 10.8. The SMILES string of the molecule is CC=CCCCc1ccc(N)cc1. The Labute approximate surface area is 80.3 Å². The van der Waals surface area contributed by atoms with E-state index in [1.807, 2.05) is 12.1 Å². The zero-order chi connectivity index (χ0) is 9.52. The third kappa shape index (κ3) is 3.79. The average Bonchev–Trinajstić information content (AvgIpc) is 2.15. The van der Waals surface area contributed by atoms with E-state index in [-0.39, 0.29) is 0 Å². The average molecular weight is 175 g/mol. The van der Waals surface area contributed by atoms with Crippen LogP contribution in [0, 0.1) is 0 Å². The van der Waals surface area contributed by atoms with Gasteiger partial charge in [-0.3, -0.25) is 0 Å². The summed E-state index contributed by atoms with van der Waals surface area (Å²) in [6.07, 6.45) is 7.83. The van der Waals surface area contributed by atoms with Crippen LogP contribution in [0.2, 0.25) is 0 Å². The van der Waals surface area contributed by atoms with E-state index in [4.69, 9.17) is 5.73 Å². The molecule has 1 rings (SSSR count). The molecule has 0 bridgehead atoms. The Balaban J connectivity index is 2.33. The Morgan fingerprint density at radius 3 is 2.54 bits per heavy atom. The van der Waals surface area contributed by atoms with E-state index in [1.54, 1.807) is 0 Å². The van der Waals surface area contributed by atoms with Crippen LogP contribution in [0.15, 0.2) is 36.4 Å². The van der Waals surface area contributed by atoms with Gasteiger partial charge in [-0.25, -0.2) is 0 Å². The summed E-state index contributed by atoms with van der Waals surface area (Å²) in [4.78, 5) is 0. The van der Waals surface area contributed by atoms with E-state index in [2.05, 4.69) is 31.2 Å². The van der Waals surface area contributed by atoms with Crippen molar-refractivity contribution < 1.29 is 0 Å². The molecule has 0 aromatic heterocycles. The molecule has 0 atom stereocenters. The van der Waals surface area contributed by atoms with Crippen LogP contribution in [-0.4, -0.2) is 0 Å². The highest BCUT2D eigenvalue weighted by Gasteiger charge is 1.91. The number of nitrogens with two attached hydrogens (primary N) is 1. The lowest BCUT2D eigenvalue weighted by Gasteiger charge is -1.99. The Hall–Kier alpha value is -1.24. The number of unbranched alkanes of at least 4 members (excludes halogenated alkanes) is 1. The molecule has 0 amide bonds. The van der Waals surface area contributed by atoms with Crippen LogP contribution in [0.5, 0.6) is 0 Å². The van der Waals surface area contributed by atoms with Crippen molar-refractivity contribution >= 4 is 5.69 Å². The second-order valence-corrected chi connectivity index (χ2v) is 3.20. The summed E-state index contributed by atoms with van der Waals surface area (Å²) >= 11 is 0. The summed E-state index contributed by atoms with van der Waals surface area (Å²) in [5, 5.41) is 0. The maximum absolute atomic E-state index is 5.59. The maximum atomic E-state index is 5.59. The summed E-state index contributed by atoms with van der Waals surface area (Å²) in [6, 6.07) is 8.13. The molecule has 2 N–H and O–H groups in total. The fraction of sp³-hybridized carbons (Fsp3) is 0.333. The Kier molecular flexibility index (Phi) is 4.10. The number of aryl methyl sites for hydroxylation is 1.